The highest BCUT2D eigenvalue weighted by molar-refractivity contribution is 9.10. The van der Waals surface area contributed by atoms with Crippen molar-refractivity contribution in [2.75, 3.05) is 26.7 Å². The first-order valence-electron chi connectivity index (χ1n) is 6.57. The number of benzene rings is 1. The average molecular weight is 340 g/mol. The van der Waals surface area contributed by atoms with Gasteiger partial charge in [0.15, 0.2) is 0 Å². The number of carbonyl (C=O) groups is 2. The normalized spacial score (nSPS) is 18.2. The summed E-state index contributed by atoms with van der Waals surface area (Å²) in [6.45, 7) is 2.09. The van der Waals surface area contributed by atoms with E-state index >= 15 is 0 Å². The van der Waals surface area contributed by atoms with Crippen LogP contribution in [0.25, 0.3) is 0 Å². The van der Waals surface area contributed by atoms with Crippen LogP contribution in [0.1, 0.15) is 16.8 Å². The zero-order chi connectivity index (χ0) is 14.5. The monoisotopic (exact) mass is 339 g/mol. The molecule has 2 amide bonds. The summed E-state index contributed by atoms with van der Waals surface area (Å²) in [6.07, 6.45) is 1.03. The minimum atomic E-state index is -0.375. The molecule has 1 saturated heterocycles. The summed E-state index contributed by atoms with van der Waals surface area (Å²) < 4.78 is 0.679. The van der Waals surface area contributed by atoms with Gasteiger partial charge in [-0.1, -0.05) is 12.1 Å². The lowest BCUT2D eigenvalue weighted by atomic mass is 10.2. The van der Waals surface area contributed by atoms with Gasteiger partial charge in [0, 0.05) is 17.1 Å². The maximum absolute atomic E-state index is 12.0. The summed E-state index contributed by atoms with van der Waals surface area (Å²) in [4.78, 5) is 25.9. The number of amides is 2. The summed E-state index contributed by atoms with van der Waals surface area (Å²) in [6, 6.07) is 7.40. The average Bonchev–Trinajstić information content (AvgIpc) is 2.92. The molecule has 0 aliphatic carbocycles. The predicted octanol–water partition coefficient (Wildman–Crippen LogP) is 0.999. The van der Waals surface area contributed by atoms with E-state index in [-0.39, 0.29) is 18.4 Å². The number of hydrogen-bond acceptors (Lipinski definition) is 4. The molecule has 0 aromatic heterocycles. The summed E-state index contributed by atoms with van der Waals surface area (Å²) >= 11 is 3.30. The summed E-state index contributed by atoms with van der Waals surface area (Å²) in [5, 5.41) is 5.68. The SMILES string of the molecule is CN(CC(=O)NC(=O)c1ccccc1Br)C1CCNC1. The van der Waals surface area contributed by atoms with Gasteiger partial charge in [-0.15, -0.1) is 0 Å². The molecule has 1 atom stereocenters. The van der Waals surface area contributed by atoms with Gasteiger partial charge in [0.1, 0.15) is 0 Å². The van der Waals surface area contributed by atoms with E-state index < -0.39 is 0 Å². The highest BCUT2D eigenvalue weighted by Gasteiger charge is 2.22. The molecule has 108 valence electrons. The Balaban J connectivity index is 1.88. The van der Waals surface area contributed by atoms with Crippen LogP contribution in [0.3, 0.4) is 0 Å². The minimum Gasteiger partial charge on any atom is -0.315 e. The number of hydrogen-bond donors (Lipinski definition) is 2. The van der Waals surface area contributed by atoms with Crippen molar-refractivity contribution in [3.63, 3.8) is 0 Å². The largest absolute Gasteiger partial charge is 0.315 e. The zero-order valence-corrected chi connectivity index (χ0v) is 12.9. The fraction of sp³-hybridized carbons (Fsp3) is 0.429. The topological polar surface area (TPSA) is 61.4 Å². The van der Waals surface area contributed by atoms with E-state index in [0.29, 0.717) is 16.1 Å². The number of rotatable bonds is 4. The van der Waals surface area contributed by atoms with E-state index in [0.717, 1.165) is 19.5 Å². The standard InChI is InChI=1S/C14H18BrN3O2/c1-18(10-6-7-16-8-10)9-13(19)17-14(20)11-4-2-3-5-12(11)15/h2-5,10,16H,6-9H2,1H3,(H,17,19,20). The van der Waals surface area contributed by atoms with Gasteiger partial charge in [0.2, 0.25) is 5.91 Å². The van der Waals surface area contributed by atoms with Crippen molar-refractivity contribution in [2.45, 2.75) is 12.5 Å². The molecule has 1 aliphatic rings. The molecule has 0 saturated carbocycles. The molecule has 6 heteroatoms. The Morgan fingerprint density at radius 2 is 2.20 bits per heavy atom. The number of likely N-dealkylation sites (N-methyl/N-ethyl adjacent to an activating group) is 1. The molecule has 1 aliphatic heterocycles. The maximum atomic E-state index is 12.0. The van der Waals surface area contributed by atoms with Crippen LogP contribution < -0.4 is 10.6 Å². The third kappa shape index (κ3) is 3.88. The van der Waals surface area contributed by atoms with Crippen LogP contribution in [0, 0.1) is 0 Å². The molecule has 1 unspecified atom stereocenters. The Morgan fingerprint density at radius 1 is 1.45 bits per heavy atom. The predicted molar refractivity (Wildman–Crippen MR) is 80.5 cm³/mol. The second-order valence-electron chi connectivity index (χ2n) is 4.92. The molecule has 0 radical (unpaired) electrons. The molecule has 1 aromatic rings. The number of halogens is 1. The van der Waals surface area contributed by atoms with Crippen molar-refractivity contribution in [3.05, 3.63) is 34.3 Å². The van der Waals surface area contributed by atoms with E-state index in [1.165, 1.54) is 0 Å². The second kappa shape index (κ2) is 6.97. The molecule has 0 bridgehead atoms. The quantitative estimate of drug-likeness (QED) is 0.859. The number of imide groups is 1. The van der Waals surface area contributed by atoms with E-state index in [2.05, 4.69) is 26.6 Å². The third-order valence-corrected chi connectivity index (χ3v) is 4.11. The zero-order valence-electron chi connectivity index (χ0n) is 11.4. The first kappa shape index (κ1) is 15.2. The van der Waals surface area contributed by atoms with Crippen molar-refractivity contribution in [3.8, 4) is 0 Å². The van der Waals surface area contributed by atoms with E-state index in [9.17, 15) is 9.59 Å². The van der Waals surface area contributed by atoms with E-state index in [1.807, 2.05) is 18.0 Å². The Kier molecular flexibility index (Phi) is 5.28. The van der Waals surface area contributed by atoms with E-state index in [4.69, 9.17) is 0 Å². The van der Waals surface area contributed by atoms with Gasteiger partial charge in [-0.25, -0.2) is 0 Å². The second-order valence-corrected chi connectivity index (χ2v) is 5.77. The molecule has 1 fully saturated rings. The number of nitrogens with zero attached hydrogens (tertiary/aromatic N) is 1. The molecular weight excluding hydrogens is 322 g/mol. The molecular formula is C14H18BrN3O2. The third-order valence-electron chi connectivity index (χ3n) is 3.42. The minimum absolute atomic E-state index is 0.225. The summed E-state index contributed by atoms with van der Waals surface area (Å²) in [5.74, 6) is -0.652. The number of carbonyl (C=O) groups excluding carboxylic acids is 2. The van der Waals surface area contributed by atoms with Gasteiger partial charge >= 0.3 is 0 Å². The van der Waals surface area contributed by atoms with Crippen molar-refractivity contribution < 1.29 is 9.59 Å². The van der Waals surface area contributed by atoms with Crippen LogP contribution >= 0.6 is 15.9 Å². The lowest BCUT2D eigenvalue weighted by molar-refractivity contribution is -0.121. The van der Waals surface area contributed by atoms with Crippen molar-refractivity contribution in [2.24, 2.45) is 0 Å². The Hall–Kier alpha value is -1.24. The van der Waals surface area contributed by atoms with E-state index in [1.54, 1.807) is 18.2 Å². The molecule has 0 spiro atoms. The highest BCUT2D eigenvalue weighted by Crippen LogP contribution is 2.15. The van der Waals surface area contributed by atoms with Gasteiger partial charge in [-0.05, 0) is 48.1 Å². The molecule has 2 rings (SSSR count). The van der Waals surface area contributed by atoms with Crippen LogP contribution in [0.5, 0.6) is 0 Å². The first-order valence-corrected chi connectivity index (χ1v) is 7.37. The smallest absolute Gasteiger partial charge is 0.259 e. The molecule has 2 N–H and O–H groups in total. The fourth-order valence-corrected chi connectivity index (χ4v) is 2.71. The van der Waals surface area contributed by atoms with Crippen LogP contribution in [-0.2, 0) is 4.79 Å². The van der Waals surface area contributed by atoms with Crippen molar-refractivity contribution >= 4 is 27.7 Å². The lowest BCUT2D eigenvalue weighted by Crippen LogP contribution is -2.43. The van der Waals surface area contributed by atoms with Gasteiger partial charge in [0.25, 0.3) is 5.91 Å². The Bertz CT molecular complexity index is 501. The van der Waals surface area contributed by atoms with Gasteiger partial charge < -0.3 is 5.32 Å². The number of nitrogens with one attached hydrogen (secondary N) is 2. The van der Waals surface area contributed by atoms with Crippen LogP contribution in [0.4, 0.5) is 0 Å². The van der Waals surface area contributed by atoms with Crippen molar-refractivity contribution in [1.82, 2.24) is 15.5 Å². The maximum Gasteiger partial charge on any atom is 0.259 e. The van der Waals surface area contributed by atoms with Gasteiger partial charge in [-0.3, -0.25) is 19.8 Å². The van der Waals surface area contributed by atoms with Crippen molar-refractivity contribution in [1.29, 1.82) is 0 Å². The lowest BCUT2D eigenvalue weighted by Gasteiger charge is -2.22. The molecule has 5 nitrogen and oxygen atoms in total. The summed E-state index contributed by atoms with van der Waals surface area (Å²) in [7, 11) is 1.90. The Morgan fingerprint density at radius 3 is 2.85 bits per heavy atom. The van der Waals surface area contributed by atoms with Crippen LogP contribution in [0.2, 0.25) is 0 Å². The fourth-order valence-electron chi connectivity index (χ4n) is 2.25. The molecule has 1 aromatic carbocycles. The Labute approximate surface area is 126 Å². The highest BCUT2D eigenvalue weighted by atomic mass is 79.9. The molecule has 1 heterocycles. The molecule has 20 heavy (non-hydrogen) atoms. The van der Waals surface area contributed by atoms with Gasteiger partial charge in [-0.2, -0.15) is 0 Å². The first-order chi connectivity index (χ1) is 9.58. The van der Waals surface area contributed by atoms with Crippen LogP contribution in [-0.4, -0.2) is 49.4 Å². The van der Waals surface area contributed by atoms with Gasteiger partial charge in [0.05, 0.1) is 12.1 Å². The summed E-state index contributed by atoms with van der Waals surface area (Å²) in [5.41, 5.74) is 0.464. The van der Waals surface area contributed by atoms with Crippen LogP contribution in [0.15, 0.2) is 28.7 Å².